The molecule has 0 fully saturated rings. The van der Waals surface area contributed by atoms with Crippen LogP contribution < -0.4 is 10.1 Å². The van der Waals surface area contributed by atoms with Crippen LogP contribution in [0.25, 0.3) is 0 Å². The van der Waals surface area contributed by atoms with Gasteiger partial charge in [0, 0.05) is 19.2 Å². The Morgan fingerprint density at radius 3 is 2.89 bits per heavy atom. The van der Waals surface area contributed by atoms with Crippen molar-refractivity contribution in [2.75, 3.05) is 20.3 Å². The summed E-state index contributed by atoms with van der Waals surface area (Å²) in [5.41, 5.74) is 0.630. The quantitative estimate of drug-likeness (QED) is 0.742. The molecule has 1 unspecified atom stereocenters. The van der Waals surface area contributed by atoms with E-state index in [4.69, 9.17) is 9.47 Å². The first-order valence-corrected chi connectivity index (χ1v) is 6.71. The van der Waals surface area contributed by atoms with Gasteiger partial charge in [0.2, 0.25) is 0 Å². The number of carbonyl (C=O) groups excluding carboxylic acids is 1. The fourth-order valence-corrected chi connectivity index (χ4v) is 1.96. The number of carbonyl (C=O) groups is 1. The maximum absolute atomic E-state index is 11.8. The van der Waals surface area contributed by atoms with Gasteiger partial charge < -0.3 is 19.9 Å². The van der Waals surface area contributed by atoms with Gasteiger partial charge in [-0.3, -0.25) is 4.79 Å². The van der Waals surface area contributed by atoms with E-state index in [9.17, 15) is 9.90 Å². The monoisotopic (exact) mass is 331 g/mol. The second-order valence-electron chi connectivity index (χ2n) is 3.93. The standard InChI is InChI=1S/C13H18BrNO4/c1-9(13(17)15-6-7-18-2)19-12-10(8-16)4-3-5-11(12)14/h3-5,9,16H,6-8H2,1-2H3,(H,15,17). The maximum atomic E-state index is 11.8. The lowest BCUT2D eigenvalue weighted by atomic mass is 10.2. The minimum Gasteiger partial charge on any atom is -0.479 e. The van der Waals surface area contributed by atoms with E-state index in [1.165, 1.54) is 0 Å². The highest BCUT2D eigenvalue weighted by Gasteiger charge is 2.17. The van der Waals surface area contributed by atoms with Crippen molar-refractivity contribution in [1.29, 1.82) is 0 Å². The molecule has 0 bridgehead atoms. The molecule has 0 spiro atoms. The Bertz CT molecular complexity index is 425. The molecule has 1 rings (SSSR count). The maximum Gasteiger partial charge on any atom is 0.260 e. The minimum absolute atomic E-state index is 0.146. The van der Waals surface area contributed by atoms with E-state index in [1.807, 2.05) is 0 Å². The lowest BCUT2D eigenvalue weighted by Crippen LogP contribution is -2.38. The number of aliphatic hydroxyl groups excluding tert-OH is 1. The number of hydrogen-bond donors (Lipinski definition) is 2. The fourth-order valence-electron chi connectivity index (χ4n) is 1.46. The Morgan fingerprint density at radius 1 is 1.53 bits per heavy atom. The summed E-state index contributed by atoms with van der Waals surface area (Å²) >= 11 is 3.34. The van der Waals surface area contributed by atoms with Gasteiger partial charge in [0.15, 0.2) is 6.10 Å². The first kappa shape index (κ1) is 15.9. The number of ether oxygens (including phenoxy) is 2. The van der Waals surface area contributed by atoms with Crippen LogP contribution in [0.5, 0.6) is 5.75 Å². The van der Waals surface area contributed by atoms with Crippen molar-refractivity contribution >= 4 is 21.8 Å². The number of amides is 1. The molecule has 0 aromatic heterocycles. The summed E-state index contributed by atoms with van der Waals surface area (Å²) in [6, 6.07) is 5.34. The first-order valence-electron chi connectivity index (χ1n) is 5.91. The van der Waals surface area contributed by atoms with Crippen molar-refractivity contribution in [3.63, 3.8) is 0 Å². The van der Waals surface area contributed by atoms with Crippen molar-refractivity contribution in [3.05, 3.63) is 28.2 Å². The van der Waals surface area contributed by atoms with Crippen molar-refractivity contribution in [2.24, 2.45) is 0 Å². The molecule has 0 saturated heterocycles. The van der Waals surface area contributed by atoms with Crippen molar-refractivity contribution in [3.8, 4) is 5.75 Å². The van der Waals surface area contributed by atoms with E-state index in [0.29, 0.717) is 28.9 Å². The summed E-state index contributed by atoms with van der Waals surface area (Å²) in [7, 11) is 1.57. The summed E-state index contributed by atoms with van der Waals surface area (Å²) in [4.78, 5) is 11.8. The third-order valence-electron chi connectivity index (χ3n) is 2.49. The van der Waals surface area contributed by atoms with Crippen molar-refractivity contribution in [1.82, 2.24) is 5.32 Å². The van der Waals surface area contributed by atoms with Gasteiger partial charge in [-0.15, -0.1) is 0 Å². The molecule has 0 saturated carbocycles. The van der Waals surface area contributed by atoms with Crippen LogP contribution in [-0.2, 0) is 16.1 Å². The average Bonchev–Trinajstić information content (AvgIpc) is 2.41. The highest BCUT2D eigenvalue weighted by molar-refractivity contribution is 9.10. The molecule has 2 N–H and O–H groups in total. The molecular formula is C13H18BrNO4. The number of aliphatic hydroxyl groups is 1. The number of para-hydroxylation sites is 1. The third kappa shape index (κ3) is 4.81. The zero-order valence-electron chi connectivity index (χ0n) is 11.0. The van der Waals surface area contributed by atoms with E-state index >= 15 is 0 Å². The highest BCUT2D eigenvalue weighted by Crippen LogP contribution is 2.29. The molecule has 1 atom stereocenters. The molecule has 1 aromatic carbocycles. The lowest BCUT2D eigenvalue weighted by Gasteiger charge is -2.17. The van der Waals surface area contributed by atoms with Crippen LogP contribution in [0.15, 0.2) is 22.7 Å². The molecule has 0 aliphatic heterocycles. The van der Waals surface area contributed by atoms with Gasteiger partial charge in [0.1, 0.15) is 5.75 Å². The summed E-state index contributed by atoms with van der Waals surface area (Å²) in [6.07, 6.45) is -0.652. The number of methoxy groups -OCH3 is 1. The van der Waals surface area contributed by atoms with Crippen molar-refractivity contribution < 1.29 is 19.4 Å². The first-order chi connectivity index (χ1) is 9.10. The van der Waals surface area contributed by atoms with Crippen LogP contribution in [0.4, 0.5) is 0 Å². The molecule has 0 heterocycles. The molecular weight excluding hydrogens is 314 g/mol. The third-order valence-corrected chi connectivity index (χ3v) is 3.11. The molecule has 19 heavy (non-hydrogen) atoms. The predicted molar refractivity (Wildman–Crippen MR) is 75.0 cm³/mol. The highest BCUT2D eigenvalue weighted by atomic mass is 79.9. The normalized spacial score (nSPS) is 12.0. The van der Waals surface area contributed by atoms with E-state index in [1.54, 1.807) is 32.2 Å². The summed E-state index contributed by atoms with van der Waals surface area (Å²) in [6.45, 7) is 2.40. The van der Waals surface area contributed by atoms with Gasteiger partial charge in [0.25, 0.3) is 5.91 Å². The molecule has 0 radical (unpaired) electrons. The second-order valence-corrected chi connectivity index (χ2v) is 4.78. The number of hydrogen-bond acceptors (Lipinski definition) is 4. The Kier molecular flexibility index (Phi) is 6.83. The Hall–Kier alpha value is -1.11. The van der Waals surface area contributed by atoms with E-state index in [2.05, 4.69) is 21.2 Å². The summed E-state index contributed by atoms with van der Waals surface area (Å²) in [5, 5.41) is 11.9. The van der Waals surface area contributed by atoms with E-state index in [-0.39, 0.29) is 12.5 Å². The average molecular weight is 332 g/mol. The van der Waals surface area contributed by atoms with Crippen LogP contribution in [0.2, 0.25) is 0 Å². The molecule has 0 aliphatic rings. The largest absolute Gasteiger partial charge is 0.479 e. The number of nitrogens with one attached hydrogen (secondary N) is 1. The van der Waals surface area contributed by atoms with Gasteiger partial charge in [0.05, 0.1) is 17.7 Å². The molecule has 6 heteroatoms. The van der Waals surface area contributed by atoms with Gasteiger partial charge in [-0.1, -0.05) is 12.1 Å². The van der Waals surface area contributed by atoms with Gasteiger partial charge in [-0.2, -0.15) is 0 Å². The van der Waals surface area contributed by atoms with Crippen molar-refractivity contribution in [2.45, 2.75) is 19.6 Å². The predicted octanol–water partition coefficient (Wildman–Crippen LogP) is 1.47. The van der Waals surface area contributed by atoms with E-state index < -0.39 is 6.10 Å². The van der Waals surface area contributed by atoms with Gasteiger partial charge >= 0.3 is 0 Å². The summed E-state index contributed by atoms with van der Waals surface area (Å²) < 4.78 is 11.2. The molecule has 5 nitrogen and oxygen atoms in total. The topological polar surface area (TPSA) is 67.8 Å². The molecule has 1 amide bonds. The van der Waals surface area contributed by atoms with Crippen LogP contribution in [0, 0.1) is 0 Å². The molecule has 1 aromatic rings. The summed E-state index contributed by atoms with van der Waals surface area (Å²) in [5.74, 6) is 0.260. The van der Waals surface area contributed by atoms with Crippen LogP contribution in [0.1, 0.15) is 12.5 Å². The van der Waals surface area contributed by atoms with Gasteiger partial charge in [-0.25, -0.2) is 0 Å². The van der Waals surface area contributed by atoms with Gasteiger partial charge in [-0.05, 0) is 28.9 Å². The zero-order chi connectivity index (χ0) is 14.3. The number of rotatable bonds is 7. The fraction of sp³-hybridized carbons (Fsp3) is 0.462. The van der Waals surface area contributed by atoms with Crippen LogP contribution in [-0.4, -0.2) is 37.4 Å². The molecule has 106 valence electrons. The Labute approximate surface area is 121 Å². The minimum atomic E-state index is -0.652. The number of benzene rings is 1. The second kappa shape index (κ2) is 8.14. The van der Waals surface area contributed by atoms with Crippen LogP contribution in [0.3, 0.4) is 0 Å². The SMILES string of the molecule is COCCNC(=O)C(C)Oc1c(Br)cccc1CO. The molecule has 0 aliphatic carbocycles. The lowest BCUT2D eigenvalue weighted by molar-refractivity contribution is -0.127. The van der Waals surface area contributed by atoms with E-state index in [0.717, 1.165) is 0 Å². The Balaban J connectivity index is 2.66. The zero-order valence-corrected chi connectivity index (χ0v) is 12.6. The Morgan fingerprint density at radius 2 is 2.26 bits per heavy atom. The van der Waals surface area contributed by atoms with Crippen LogP contribution >= 0.6 is 15.9 Å². The smallest absolute Gasteiger partial charge is 0.260 e. The number of halogens is 1.